The summed E-state index contributed by atoms with van der Waals surface area (Å²) >= 11 is 7.23. The summed E-state index contributed by atoms with van der Waals surface area (Å²) in [5.74, 6) is -0.256. The van der Waals surface area contributed by atoms with Crippen molar-refractivity contribution in [1.82, 2.24) is 5.01 Å². The van der Waals surface area contributed by atoms with Crippen LogP contribution in [0.2, 0.25) is 0 Å². The zero-order valence-corrected chi connectivity index (χ0v) is 15.4. The number of halogens is 1. The van der Waals surface area contributed by atoms with Gasteiger partial charge in [-0.2, -0.15) is 16.4 Å². The number of hydrogen-bond donors (Lipinski definition) is 1. The van der Waals surface area contributed by atoms with Gasteiger partial charge in [-0.1, -0.05) is 30.3 Å². The number of hydrogen-bond acceptors (Lipinski definition) is 3. The molecule has 1 N–H and O–H groups in total. The van der Waals surface area contributed by atoms with Gasteiger partial charge < -0.3 is 5.32 Å². The van der Waals surface area contributed by atoms with E-state index in [4.69, 9.17) is 17.3 Å². The van der Waals surface area contributed by atoms with Crippen LogP contribution in [0.3, 0.4) is 0 Å². The van der Waals surface area contributed by atoms with Crippen molar-refractivity contribution in [1.29, 1.82) is 0 Å². The lowest BCUT2D eigenvalue weighted by molar-refractivity contribution is 0.374. The van der Waals surface area contributed by atoms with Gasteiger partial charge in [-0.3, -0.25) is 0 Å². The lowest BCUT2D eigenvalue weighted by Crippen LogP contribution is -2.31. The summed E-state index contributed by atoms with van der Waals surface area (Å²) in [5.41, 5.74) is 3.80. The Morgan fingerprint density at radius 3 is 2.73 bits per heavy atom. The molecule has 6 heteroatoms. The molecular formula is C20H16FN3S2. The van der Waals surface area contributed by atoms with Crippen LogP contribution in [-0.2, 0) is 0 Å². The van der Waals surface area contributed by atoms with Crippen LogP contribution in [0.15, 0.2) is 76.5 Å². The molecule has 0 saturated heterocycles. The van der Waals surface area contributed by atoms with Gasteiger partial charge >= 0.3 is 0 Å². The van der Waals surface area contributed by atoms with Gasteiger partial charge in [0.1, 0.15) is 5.82 Å². The highest BCUT2D eigenvalue weighted by molar-refractivity contribution is 7.80. The Bertz CT molecular complexity index is 939. The molecule has 1 aliphatic rings. The van der Waals surface area contributed by atoms with Crippen LogP contribution in [-0.4, -0.2) is 15.8 Å². The van der Waals surface area contributed by atoms with Crippen LogP contribution < -0.4 is 5.32 Å². The topological polar surface area (TPSA) is 27.6 Å². The fraction of sp³-hybridized carbons (Fsp3) is 0.100. The maximum absolute atomic E-state index is 13.8. The molecule has 0 saturated carbocycles. The number of hydrazone groups is 1. The molecule has 0 amide bonds. The van der Waals surface area contributed by atoms with E-state index in [2.05, 4.69) is 10.7 Å². The largest absolute Gasteiger partial charge is 0.331 e. The minimum atomic E-state index is -0.256. The number of nitrogens with one attached hydrogen (secondary N) is 1. The summed E-state index contributed by atoms with van der Waals surface area (Å²) in [4.78, 5) is 0. The fourth-order valence-corrected chi connectivity index (χ4v) is 3.93. The highest BCUT2D eigenvalue weighted by Crippen LogP contribution is 2.34. The number of para-hydroxylation sites is 1. The first-order chi connectivity index (χ1) is 12.7. The third-order valence-corrected chi connectivity index (χ3v) is 5.20. The fourth-order valence-electron chi connectivity index (χ4n) is 2.98. The number of rotatable bonds is 3. The SMILES string of the molecule is Fc1cccc([C@H]2CC(c3ccsc3)=NN2C(=S)Nc2ccccc2)c1. The third-order valence-electron chi connectivity index (χ3n) is 4.23. The number of anilines is 1. The second-order valence-corrected chi connectivity index (χ2v) is 7.14. The Labute approximate surface area is 160 Å². The Kier molecular flexibility index (Phi) is 4.77. The van der Waals surface area contributed by atoms with Gasteiger partial charge in [-0.05, 0) is 58.9 Å². The van der Waals surface area contributed by atoms with Crippen LogP contribution in [0.1, 0.15) is 23.6 Å². The summed E-state index contributed by atoms with van der Waals surface area (Å²) in [7, 11) is 0. The first kappa shape index (κ1) is 16.9. The van der Waals surface area contributed by atoms with E-state index in [0.29, 0.717) is 11.5 Å². The average molecular weight is 382 g/mol. The molecule has 1 aromatic heterocycles. The normalized spacial score (nSPS) is 16.4. The van der Waals surface area contributed by atoms with Crippen LogP contribution in [0.25, 0.3) is 0 Å². The van der Waals surface area contributed by atoms with E-state index in [-0.39, 0.29) is 11.9 Å². The third kappa shape index (κ3) is 3.52. The maximum atomic E-state index is 13.8. The van der Waals surface area contributed by atoms with Gasteiger partial charge in [-0.25, -0.2) is 9.40 Å². The van der Waals surface area contributed by atoms with Gasteiger partial charge in [0.25, 0.3) is 0 Å². The number of benzene rings is 2. The molecule has 2 heterocycles. The average Bonchev–Trinajstić information content (AvgIpc) is 3.32. The van der Waals surface area contributed by atoms with Gasteiger partial charge in [-0.15, -0.1) is 0 Å². The first-order valence-corrected chi connectivity index (χ1v) is 9.56. The van der Waals surface area contributed by atoms with Crippen LogP contribution in [0, 0.1) is 5.82 Å². The molecule has 0 unspecified atom stereocenters. The van der Waals surface area contributed by atoms with Crippen molar-refractivity contribution in [3.05, 3.63) is 88.4 Å². The monoisotopic (exact) mass is 381 g/mol. The smallest absolute Gasteiger partial charge is 0.194 e. The minimum Gasteiger partial charge on any atom is -0.331 e. The second-order valence-electron chi connectivity index (χ2n) is 5.97. The van der Waals surface area contributed by atoms with E-state index in [1.165, 1.54) is 6.07 Å². The van der Waals surface area contributed by atoms with Crippen LogP contribution in [0.5, 0.6) is 0 Å². The second kappa shape index (κ2) is 7.35. The quantitative estimate of drug-likeness (QED) is 0.613. The first-order valence-electron chi connectivity index (χ1n) is 8.21. The molecule has 0 bridgehead atoms. The van der Waals surface area contributed by atoms with E-state index in [9.17, 15) is 4.39 Å². The molecule has 3 nitrogen and oxygen atoms in total. The summed E-state index contributed by atoms with van der Waals surface area (Å²) in [5, 5.41) is 14.3. The Morgan fingerprint density at radius 2 is 2.00 bits per heavy atom. The van der Waals surface area contributed by atoms with Crippen molar-refractivity contribution < 1.29 is 4.39 Å². The summed E-state index contributed by atoms with van der Waals surface area (Å²) < 4.78 is 13.8. The molecule has 1 aliphatic heterocycles. The van der Waals surface area contributed by atoms with E-state index >= 15 is 0 Å². The van der Waals surface area contributed by atoms with Crippen LogP contribution in [0.4, 0.5) is 10.1 Å². The van der Waals surface area contributed by atoms with Gasteiger partial charge in [0.15, 0.2) is 5.11 Å². The lowest BCUT2D eigenvalue weighted by atomic mass is 10.00. The summed E-state index contributed by atoms with van der Waals surface area (Å²) in [6.45, 7) is 0. The Hall–Kier alpha value is -2.57. The summed E-state index contributed by atoms with van der Waals surface area (Å²) in [6.07, 6.45) is 0.677. The predicted molar refractivity (Wildman–Crippen MR) is 109 cm³/mol. The van der Waals surface area contributed by atoms with E-state index < -0.39 is 0 Å². The lowest BCUT2D eigenvalue weighted by Gasteiger charge is -2.25. The van der Waals surface area contributed by atoms with E-state index in [0.717, 1.165) is 22.5 Å². The molecule has 4 rings (SSSR count). The van der Waals surface area contributed by atoms with Crippen molar-refractivity contribution in [2.75, 3.05) is 5.32 Å². The zero-order valence-electron chi connectivity index (χ0n) is 13.8. The molecule has 0 fully saturated rings. The molecule has 0 radical (unpaired) electrons. The molecule has 2 aromatic carbocycles. The molecule has 26 heavy (non-hydrogen) atoms. The zero-order chi connectivity index (χ0) is 17.9. The number of thiocarbonyl (C=S) groups is 1. The Balaban J connectivity index is 1.65. The Morgan fingerprint density at radius 1 is 1.15 bits per heavy atom. The van der Waals surface area contributed by atoms with Crippen molar-refractivity contribution in [3.8, 4) is 0 Å². The van der Waals surface area contributed by atoms with E-state index in [1.807, 2.05) is 47.8 Å². The van der Waals surface area contributed by atoms with E-state index in [1.54, 1.807) is 28.5 Å². The molecule has 0 aliphatic carbocycles. The van der Waals surface area contributed by atoms with Crippen molar-refractivity contribution >= 4 is 40.1 Å². The van der Waals surface area contributed by atoms with Gasteiger partial charge in [0.2, 0.25) is 0 Å². The predicted octanol–water partition coefficient (Wildman–Crippen LogP) is 5.44. The number of nitrogens with zero attached hydrogens (tertiary/aromatic N) is 2. The maximum Gasteiger partial charge on any atom is 0.194 e. The van der Waals surface area contributed by atoms with Crippen molar-refractivity contribution in [2.45, 2.75) is 12.5 Å². The van der Waals surface area contributed by atoms with Gasteiger partial charge in [0, 0.05) is 17.7 Å². The van der Waals surface area contributed by atoms with Gasteiger partial charge in [0.05, 0.1) is 11.8 Å². The van der Waals surface area contributed by atoms with Crippen LogP contribution >= 0.6 is 23.6 Å². The molecule has 0 spiro atoms. The molecule has 130 valence electrons. The highest BCUT2D eigenvalue weighted by Gasteiger charge is 2.31. The van der Waals surface area contributed by atoms with Crippen molar-refractivity contribution in [2.24, 2.45) is 5.10 Å². The summed E-state index contributed by atoms with van der Waals surface area (Å²) in [6, 6.07) is 18.3. The molecule has 1 atom stereocenters. The van der Waals surface area contributed by atoms with Crippen molar-refractivity contribution in [3.63, 3.8) is 0 Å². The molecule has 3 aromatic rings. The minimum absolute atomic E-state index is 0.135. The molecular weight excluding hydrogens is 365 g/mol. The highest BCUT2D eigenvalue weighted by atomic mass is 32.1. The standard InChI is InChI=1S/C20H16FN3S2/c21-16-6-4-5-14(11-16)19-12-18(15-9-10-26-13-15)23-24(19)20(25)22-17-7-2-1-3-8-17/h1-11,13,19H,12H2,(H,22,25)/t19-/m1/s1. The number of thiophene rings is 1.